The second-order valence-corrected chi connectivity index (χ2v) is 7.79. The molecule has 1 aliphatic rings. The van der Waals surface area contributed by atoms with Crippen molar-refractivity contribution in [2.45, 2.75) is 24.7 Å². The molecule has 0 spiro atoms. The summed E-state index contributed by atoms with van der Waals surface area (Å²) in [5, 5.41) is 2.62. The number of carbonyl (C=O) groups is 2. The lowest BCUT2D eigenvalue weighted by molar-refractivity contribution is -0.118. The molecule has 7 nitrogen and oxygen atoms in total. The van der Waals surface area contributed by atoms with Crippen molar-refractivity contribution in [2.75, 3.05) is 22.0 Å². The zero-order valence-corrected chi connectivity index (χ0v) is 15.3. The van der Waals surface area contributed by atoms with Crippen LogP contribution in [0.3, 0.4) is 0 Å². The van der Waals surface area contributed by atoms with Crippen molar-refractivity contribution in [3.63, 3.8) is 0 Å². The Labute approximate surface area is 152 Å². The van der Waals surface area contributed by atoms with Gasteiger partial charge in [0.2, 0.25) is 11.8 Å². The van der Waals surface area contributed by atoms with Gasteiger partial charge in [0.15, 0.2) is 0 Å². The molecule has 1 heterocycles. The molecule has 0 fully saturated rings. The van der Waals surface area contributed by atoms with E-state index < -0.39 is 10.0 Å². The molecule has 0 bridgehead atoms. The predicted molar refractivity (Wildman–Crippen MR) is 99.7 cm³/mol. The number of hydrogen-bond donors (Lipinski definition) is 2. The van der Waals surface area contributed by atoms with Gasteiger partial charge in [0.1, 0.15) is 0 Å². The van der Waals surface area contributed by atoms with Crippen molar-refractivity contribution in [3.8, 4) is 0 Å². The summed E-state index contributed by atoms with van der Waals surface area (Å²) in [5.74, 6) is -0.179. The summed E-state index contributed by atoms with van der Waals surface area (Å²) in [6.45, 7) is 1.40. The molecule has 26 heavy (non-hydrogen) atoms. The molecule has 2 amide bonds. The molecule has 0 unspecified atom stereocenters. The van der Waals surface area contributed by atoms with Crippen LogP contribution in [-0.2, 0) is 26.0 Å². The van der Waals surface area contributed by atoms with Crippen LogP contribution in [0.4, 0.5) is 17.1 Å². The second-order valence-electron chi connectivity index (χ2n) is 6.11. The van der Waals surface area contributed by atoms with Crippen LogP contribution in [0.15, 0.2) is 47.4 Å². The standard InChI is InChI=1S/C18H19N3O4S/c1-12(22)19-14-4-6-15(7-5-14)20-26(24,25)16-8-9-17-13(11-16)3-10-18(23)21(17)2/h4-9,11,20H,3,10H2,1-2H3,(H,19,22). The van der Waals surface area contributed by atoms with Crippen LogP contribution >= 0.6 is 0 Å². The van der Waals surface area contributed by atoms with E-state index in [1.807, 2.05) is 0 Å². The minimum Gasteiger partial charge on any atom is -0.326 e. The maximum absolute atomic E-state index is 12.6. The van der Waals surface area contributed by atoms with Gasteiger partial charge in [0.25, 0.3) is 10.0 Å². The van der Waals surface area contributed by atoms with Gasteiger partial charge in [0.05, 0.1) is 4.90 Å². The van der Waals surface area contributed by atoms with Crippen molar-refractivity contribution in [1.82, 2.24) is 0 Å². The number of anilines is 3. The number of hydrogen-bond acceptors (Lipinski definition) is 4. The Morgan fingerprint density at radius 1 is 1.04 bits per heavy atom. The van der Waals surface area contributed by atoms with E-state index >= 15 is 0 Å². The van der Waals surface area contributed by atoms with E-state index in [-0.39, 0.29) is 16.7 Å². The lowest BCUT2D eigenvalue weighted by Gasteiger charge is -2.26. The van der Waals surface area contributed by atoms with Gasteiger partial charge in [-0.3, -0.25) is 14.3 Å². The highest BCUT2D eigenvalue weighted by Gasteiger charge is 2.23. The molecule has 136 valence electrons. The van der Waals surface area contributed by atoms with Crippen molar-refractivity contribution in [2.24, 2.45) is 0 Å². The largest absolute Gasteiger partial charge is 0.326 e. The summed E-state index contributed by atoms with van der Waals surface area (Å²) in [6.07, 6.45) is 0.887. The molecule has 8 heteroatoms. The SMILES string of the molecule is CC(=O)Nc1ccc(NS(=O)(=O)c2ccc3c(c2)CCC(=O)N3C)cc1. The van der Waals surface area contributed by atoms with Gasteiger partial charge in [-0.1, -0.05) is 0 Å². The van der Waals surface area contributed by atoms with E-state index in [0.717, 1.165) is 11.3 Å². The van der Waals surface area contributed by atoms with Gasteiger partial charge >= 0.3 is 0 Å². The molecule has 0 aliphatic carbocycles. The summed E-state index contributed by atoms with van der Waals surface area (Å²) < 4.78 is 27.8. The molecule has 1 aliphatic heterocycles. The predicted octanol–water partition coefficient (Wildman–Crippen LogP) is 2.35. The van der Waals surface area contributed by atoms with Crippen LogP contribution in [-0.4, -0.2) is 27.3 Å². The summed E-state index contributed by atoms with van der Waals surface area (Å²) in [7, 11) is -2.07. The number of aryl methyl sites for hydroxylation is 1. The lowest BCUT2D eigenvalue weighted by Crippen LogP contribution is -2.31. The fourth-order valence-electron chi connectivity index (χ4n) is 2.84. The van der Waals surface area contributed by atoms with Gasteiger partial charge < -0.3 is 10.2 Å². The van der Waals surface area contributed by atoms with Gasteiger partial charge in [-0.05, 0) is 54.4 Å². The van der Waals surface area contributed by atoms with Crippen molar-refractivity contribution in [1.29, 1.82) is 0 Å². The van der Waals surface area contributed by atoms with Gasteiger partial charge in [-0.2, -0.15) is 0 Å². The molecule has 3 rings (SSSR count). The first-order valence-electron chi connectivity index (χ1n) is 8.06. The maximum Gasteiger partial charge on any atom is 0.261 e. The Hall–Kier alpha value is -2.87. The van der Waals surface area contributed by atoms with Gasteiger partial charge in [0, 0.05) is 37.5 Å². The van der Waals surface area contributed by atoms with Crippen LogP contribution in [0.5, 0.6) is 0 Å². The van der Waals surface area contributed by atoms with E-state index in [1.165, 1.54) is 13.0 Å². The molecule has 0 atom stereocenters. The van der Waals surface area contributed by atoms with Gasteiger partial charge in [-0.15, -0.1) is 0 Å². The lowest BCUT2D eigenvalue weighted by atomic mass is 10.0. The Morgan fingerprint density at radius 3 is 2.35 bits per heavy atom. The monoisotopic (exact) mass is 373 g/mol. The number of fused-ring (bicyclic) bond motifs is 1. The van der Waals surface area contributed by atoms with E-state index in [1.54, 1.807) is 48.3 Å². The first-order chi connectivity index (χ1) is 12.3. The van der Waals surface area contributed by atoms with Crippen LogP contribution in [0.2, 0.25) is 0 Å². The minimum absolute atomic E-state index is 0.0190. The van der Waals surface area contributed by atoms with Crippen LogP contribution in [0, 0.1) is 0 Å². The fraction of sp³-hybridized carbons (Fsp3) is 0.222. The number of carbonyl (C=O) groups excluding carboxylic acids is 2. The topological polar surface area (TPSA) is 95.6 Å². The third kappa shape index (κ3) is 3.70. The molecule has 2 aromatic rings. The van der Waals surface area contributed by atoms with Crippen molar-refractivity contribution < 1.29 is 18.0 Å². The van der Waals surface area contributed by atoms with Crippen molar-refractivity contribution >= 4 is 38.9 Å². The smallest absolute Gasteiger partial charge is 0.261 e. The number of nitrogens with one attached hydrogen (secondary N) is 2. The van der Waals surface area contributed by atoms with E-state index in [0.29, 0.717) is 24.2 Å². The molecule has 0 saturated heterocycles. The number of amides is 2. The van der Waals surface area contributed by atoms with E-state index in [9.17, 15) is 18.0 Å². The third-order valence-corrected chi connectivity index (χ3v) is 5.54. The normalized spacial score (nSPS) is 13.9. The highest BCUT2D eigenvalue weighted by molar-refractivity contribution is 7.92. The third-order valence-electron chi connectivity index (χ3n) is 4.16. The first kappa shape index (κ1) is 17.9. The average Bonchev–Trinajstić information content (AvgIpc) is 2.59. The Morgan fingerprint density at radius 2 is 1.69 bits per heavy atom. The van der Waals surface area contributed by atoms with E-state index in [2.05, 4.69) is 10.0 Å². The number of sulfonamides is 1. The zero-order valence-electron chi connectivity index (χ0n) is 14.4. The quantitative estimate of drug-likeness (QED) is 0.860. The second kappa shape index (κ2) is 6.80. The molecule has 0 saturated carbocycles. The summed E-state index contributed by atoms with van der Waals surface area (Å²) in [4.78, 5) is 24.5. The maximum atomic E-state index is 12.6. The zero-order chi connectivity index (χ0) is 18.9. The molecule has 2 aromatic carbocycles. The Kier molecular flexibility index (Phi) is 4.69. The minimum atomic E-state index is -3.75. The number of benzene rings is 2. The summed E-state index contributed by atoms with van der Waals surface area (Å²) in [5.41, 5.74) is 2.54. The summed E-state index contributed by atoms with van der Waals surface area (Å²) >= 11 is 0. The van der Waals surface area contributed by atoms with Crippen molar-refractivity contribution in [3.05, 3.63) is 48.0 Å². The van der Waals surface area contributed by atoms with Crippen LogP contribution in [0.25, 0.3) is 0 Å². The van der Waals surface area contributed by atoms with Crippen LogP contribution in [0.1, 0.15) is 18.9 Å². The first-order valence-corrected chi connectivity index (χ1v) is 9.54. The molecule has 2 N–H and O–H groups in total. The highest BCUT2D eigenvalue weighted by atomic mass is 32.2. The van der Waals surface area contributed by atoms with E-state index in [4.69, 9.17) is 0 Å². The molecular weight excluding hydrogens is 354 g/mol. The number of nitrogens with zero attached hydrogens (tertiary/aromatic N) is 1. The highest BCUT2D eigenvalue weighted by Crippen LogP contribution is 2.29. The fourth-order valence-corrected chi connectivity index (χ4v) is 3.95. The number of rotatable bonds is 4. The van der Waals surface area contributed by atoms with Crippen LogP contribution < -0.4 is 14.9 Å². The van der Waals surface area contributed by atoms with Gasteiger partial charge in [-0.25, -0.2) is 8.42 Å². The molecule has 0 radical (unpaired) electrons. The Balaban J connectivity index is 1.82. The average molecular weight is 373 g/mol. The molecular formula is C18H19N3O4S. The molecule has 0 aromatic heterocycles. The Bertz CT molecular complexity index is 968. The summed E-state index contributed by atoms with van der Waals surface area (Å²) in [6, 6.07) is 11.1.